The Morgan fingerprint density at radius 1 is 1.54 bits per heavy atom. The monoisotopic (exact) mass is 244 g/mol. The maximum Gasteiger partial charge on any atom is 0.147 e. The van der Waals surface area contributed by atoms with Gasteiger partial charge in [-0.3, -0.25) is 4.79 Å². The zero-order valence-electron chi connectivity index (χ0n) is 7.47. The van der Waals surface area contributed by atoms with Crippen LogP contribution in [0, 0.1) is 12.7 Å². The average Bonchev–Trinajstić information content (AvgIpc) is 2.08. The zero-order valence-corrected chi connectivity index (χ0v) is 9.06. The lowest BCUT2D eigenvalue weighted by Gasteiger charge is -2.09. The van der Waals surface area contributed by atoms with Crippen LogP contribution >= 0.6 is 15.9 Å². The first-order valence-corrected chi connectivity index (χ1v) is 4.85. The second-order valence-corrected chi connectivity index (χ2v) is 3.84. The van der Waals surface area contributed by atoms with Gasteiger partial charge in [0.2, 0.25) is 0 Å². The largest absolute Gasteiger partial charge is 0.298 e. The molecule has 1 unspecified atom stereocenters. The van der Waals surface area contributed by atoms with E-state index in [0.29, 0.717) is 11.1 Å². The third kappa shape index (κ3) is 2.15. The van der Waals surface area contributed by atoms with Crippen molar-refractivity contribution in [2.75, 3.05) is 0 Å². The first-order valence-electron chi connectivity index (χ1n) is 3.93. The van der Waals surface area contributed by atoms with Gasteiger partial charge in [-0.25, -0.2) is 4.39 Å². The van der Waals surface area contributed by atoms with Gasteiger partial charge in [0, 0.05) is 0 Å². The summed E-state index contributed by atoms with van der Waals surface area (Å²) in [6, 6.07) is 4.74. The molecule has 0 aliphatic heterocycles. The van der Waals surface area contributed by atoms with Crippen molar-refractivity contribution in [3.8, 4) is 0 Å². The van der Waals surface area contributed by atoms with Crippen LogP contribution in [-0.2, 0) is 4.79 Å². The Hall–Kier alpha value is -0.700. The van der Waals surface area contributed by atoms with E-state index in [-0.39, 0.29) is 11.6 Å². The van der Waals surface area contributed by atoms with Gasteiger partial charge in [-0.05, 0) is 31.0 Å². The van der Waals surface area contributed by atoms with Crippen molar-refractivity contribution >= 4 is 21.7 Å². The van der Waals surface area contributed by atoms with Gasteiger partial charge in [-0.15, -0.1) is 0 Å². The van der Waals surface area contributed by atoms with Crippen molar-refractivity contribution < 1.29 is 9.18 Å². The van der Waals surface area contributed by atoms with Crippen molar-refractivity contribution in [2.24, 2.45) is 0 Å². The molecule has 1 atom stereocenters. The second kappa shape index (κ2) is 4.01. The molecule has 1 rings (SSSR count). The molecule has 0 N–H and O–H groups in total. The summed E-state index contributed by atoms with van der Waals surface area (Å²) in [5.41, 5.74) is 1.23. The molecule has 0 aliphatic rings. The van der Waals surface area contributed by atoms with E-state index in [0.717, 1.165) is 0 Å². The Morgan fingerprint density at radius 2 is 2.15 bits per heavy atom. The molecule has 70 valence electrons. The number of alkyl halides is 1. The highest BCUT2D eigenvalue weighted by atomic mass is 79.9. The van der Waals surface area contributed by atoms with E-state index in [9.17, 15) is 9.18 Å². The number of hydrogen-bond acceptors (Lipinski definition) is 1. The molecule has 0 heterocycles. The predicted octanol–water partition coefficient (Wildman–Crippen LogP) is 3.16. The van der Waals surface area contributed by atoms with Crippen LogP contribution < -0.4 is 0 Å². The number of ketones is 1. The minimum Gasteiger partial charge on any atom is -0.298 e. The van der Waals surface area contributed by atoms with Gasteiger partial charge < -0.3 is 0 Å². The fourth-order valence-corrected chi connectivity index (χ4v) is 1.61. The minimum absolute atomic E-state index is 0.0197. The lowest BCUT2D eigenvalue weighted by molar-refractivity contribution is -0.116. The van der Waals surface area contributed by atoms with Crippen molar-refractivity contribution in [1.82, 2.24) is 0 Å². The molecule has 1 aromatic rings. The van der Waals surface area contributed by atoms with Gasteiger partial charge in [0.25, 0.3) is 0 Å². The van der Waals surface area contributed by atoms with Gasteiger partial charge in [0.05, 0.1) is 4.83 Å². The van der Waals surface area contributed by atoms with Crippen molar-refractivity contribution in [3.05, 3.63) is 35.1 Å². The topological polar surface area (TPSA) is 17.1 Å². The van der Waals surface area contributed by atoms with Crippen molar-refractivity contribution in [3.63, 3.8) is 0 Å². The van der Waals surface area contributed by atoms with Gasteiger partial charge in [0.1, 0.15) is 11.6 Å². The van der Waals surface area contributed by atoms with Crippen LogP contribution in [0.4, 0.5) is 4.39 Å². The van der Waals surface area contributed by atoms with Crippen LogP contribution in [0.3, 0.4) is 0 Å². The number of hydrogen-bond donors (Lipinski definition) is 0. The third-order valence-corrected chi connectivity index (χ3v) is 3.08. The molecule has 0 aliphatic carbocycles. The van der Waals surface area contributed by atoms with Crippen LogP contribution in [0.2, 0.25) is 0 Å². The summed E-state index contributed by atoms with van der Waals surface area (Å²) in [6.45, 7) is 3.14. The number of Topliss-reactive ketones (excluding diaryl/α,β-unsaturated/α-hetero) is 1. The lowest BCUT2D eigenvalue weighted by Crippen LogP contribution is -2.04. The highest BCUT2D eigenvalue weighted by Crippen LogP contribution is 2.27. The second-order valence-electron chi connectivity index (χ2n) is 2.93. The maximum absolute atomic E-state index is 13.1. The molecule has 0 spiro atoms. The number of carbonyl (C=O) groups excluding carboxylic acids is 1. The summed E-state index contributed by atoms with van der Waals surface area (Å²) in [7, 11) is 0. The summed E-state index contributed by atoms with van der Waals surface area (Å²) in [4.78, 5) is 10.6. The van der Waals surface area contributed by atoms with Crippen molar-refractivity contribution in [1.29, 1.82) is 0 Å². The van der Waals surface area contributed by atoms with E-state index in [1.807, 2.05) is 0 Å². The van der Waals surface area contributed by atoms with E-state index in [1.54, 1.807) is 19.1 Å². The summed E-state index contributed by atoms with van der Waals surface area (Å²) in [5.74, 6) is -0.295. The summed E-state index contributed by atoms with van der Waals surface area (Å²) in [5, 5.41) is 0. The normalized spacial score (nSPS) is 12.6. The Morgan fingerprint density at radius 3 is 2.69 bits per heavy atom. The molecule has 13 heavy (non-hydrogen) atoms. The Balaban J connectivity index is 3.15. The molecule has 3 heteroatoms. The maximum atomic E-state index is 13.1. The highest BCUT2D eigenvalue weighted by molar-refractivity contribution is 9.09. The molecule has 1 nitrogen and oxygen atoms in total. The van der Waals surface area contributed by atoms with Crippen LogP contribution in [0.25, 0.3) is 0 Å². The minimum atomic E-state index is -0.400. The molecule has 0 fully saturated rings. The smallest absolute Gasteiger partial charge is 0.147 e. The summed E-state index contributed by atoms with van der Waals surface area (Å²) in [6.07, 6.45) is 0. The number of carbonyl (C=O) groups is 1. The molecule has 0 saturated carbocycles. The molecule has 0 amide bonds. The fraction of sp³-hybridized carbons (Fsp3) is 0.300. The molecular formula is C10H10BrFO. The molecule has 0 bridgehead atoms. The van der Waals surface area contributed by atoms with Crippen LogP contribution in [0.1, 0.15) is 22.9 Å². The first kappa shape index (κ1) is 10.4. The van der Waals surface area contributed by atoms with E-state index in [1.165, 1.54) is 13.0 Å². The van der Waals surface area contributed by atoms with Crippen LogP contribution in [-0.4, -0.2) is 5.78 Å². The third-order valence-electron chi connectivity index (χ3n) is 1.94. The lowest BCUT2D eigenvalue weighted by atomic mass is 10.0. The number of benzene rings is 1. The first-order chi connectivity index (χ1) is 6.04. The molecule has 0 radical (unpaired) electrons. The average molecular weight is 245 g/mol. The Kier molecular flexibility index (Phi) is 3.20. The fourth-order valence-electron chi connectivity index (χ4n) is 1.12. The van der Waals surface area contributed by atoms with Crippen LogP contribution in [0.5, 0.6) is 0 Å². The number of halogens is 2. The Labute approximate surface area is 85.1 Å². The highest BCUT2D eigenvalue weighted by Gasteiger charge is 2.16. The SMILES string of the molecule is CC(=O)C(Br)c1cccc(F)c1C. The van der Waals surface area contributed by atoms with E-state index in [4.69, 9.17) is 0 Å². The predicted molar refractivity (Wildman–Crippen MR) is 53.5 cm³/mol. The molecule has 1 aromatic carbocycles. The molecule has 0 saturated heterocycles. The summed E-state index contributed by atoms with van der Waals surface area (Å²) < 4.78 is 13.1. The van der Waals surface area contributed by atoms with E-state index < -0.39 is 4.83 Å². The number of rotatable bonds is 2. The van der Waals surface area contributed by atoms with Gasteiger partial charge in [-0.2, -0.15) is 0 Å². The summed E-state index contributed by atoms with van der Waals surface area (Å²) >= 11 is 3.22. The van der Waals surface area contributed by atoms with Gasteiger partial charge >= 0.3 is 0 Å². The molecular weight excluding hydrogens is 235 g/mol. The standard InChI is InChI=1S/C10H10BrFO/c1-6-8(10(11)7(2)13)4-3-5-9(6)12/h3-5,10H,1-2H3. The van der Waals surface area contributed by atoms with Crippen molar-refractivity contribution in [2.45, 2.75) is 18.7 Å². The van der Waals surface area contributed by atoms with E-state index >= 15 is 0 Å². The quantitative estimate of drug-likeness (QED) is 0.731. The van der Waals surface area contributed by atoms with E-state index in [2.05, 4.69) is 15.9 Å². The molecule has 0 aromatic heterocycles. The van der Waals surface area contributed by atoms with Gasteiger partial charge in [0.15, 0.2) is 0 Å². The van der Waals surface area contributed by atoms with Crippen LogP contribution in [0.15, 0.2) is 18.2 Å². The van der Waals surface area contributed by atoms with Gasteiger partial charge in [-0.1, -0.05) is 28.1 Å². The zero-order chi connectivity index (χ0) is 10.0. The Bertz CT molecular complexity index is 336.